The Kier molecular flexibility index (Phi) is 4.92. The van der Waals surface area contributed by atoms with Gasteiger partial charge in [-0.3, -0.25) is 4.79 Å². The predicted molar refractivity (Wildman–Crippen MR) is 89.1 cm³/mol. The summed E-state index contributed by atoms with van der Waals surface area (Å²) in [7, 11) is 0. The Morgan fingerprint density at radius 1 is 1.12 bits per heavy atom. The number of hydrogen-bond acceptors (Lipinski definition) is 4. The van der Waals surface area contributed by atoms with Gasteiger partial charge in [0.05, 0.1) is 0 Å². The van der Waals surface area contributed by atoms with Gasteiger partial charge in [0.1, 0.15) is 17.7 Å². The molecule has 134 valence electrons. The van der Waals surface area contributed by atoms with E-state index in [-0.39, 0.29) is 18.3 Å². The summed E-state index contributed by atoms with van der Waals surface area (Å²) in [5.74, 6) is -2.04. The first kappa shape index (κ1) is 17.5. The lowest BCUT2D eigenvalue weighted by molar-refractivity contribution is -0.124. The molecule has 0 aliphatic rings. The molecule has 0 aliphatic heterocycles. The van der Waals surface area contributed by atoms with Crippen molar-refractivity contribution in [1.82, 2.24) is 15.1 Å². The lowest BCUT2D eigenvalue weighted by Gasteiger charge is -2.11. The third-order valence-corrected chi connectivity index (χ3v) is 3.79. The molecule has 0 saturated carbocycles. The van der Waals surface area contributed by atoms with E-state index in [0.717, 1.165) is 4.68 Å². The second kappa shape index (κ2) is 7.30. The zero-order valence-corrected chi connectivity index (χ0v) is 13.8. The minimum Gasteiger partial charge on any atom is -0.388 e. The van der Waals surface area contributed by atoms with Gasteiger partial charge in [-0.15, -0.1) is 5.10 Å². The average Bonchev–Trinajstić information content (AvgIpc) is 3.02. The number of carbonyl (C=O) groups is 1. The van der Waals surface area contributed by atoms with Crippen LogP contribution in [0.3, 0.4) is 0 Å². The standard InChI is InChI=1S/C18H15F2N3O3/c1-11(16(24)21-10-12-2-6-14(19)7-3-12)23-18(25)26-17(22-23)13-4-8-15(20)9-5-13/h2-9,11H,10H2,1H3,(H,21,24)/t11-/m0/s1. The molecular weight excluding hydrogens is 344 g/mol. The van der Waals surface area contributed by atoms with Crippen molar-refractivity contribution in [1.29, 1.82) is 0 Å². The summed E-state index contributed by atoms with van der Waals surface area (Å²) in [6, 6.07) is 10.0. The molecule has 0 spiro atoms. The highest BCUT2D eigenvalue weighted by Crippen LogP contribution is 2.16. The first-order valence-electron chi connectivity index (χ1n) is 7.82. The van der Waals surface area contributed by atoms with Crippen LogP contribution in [0.15, 0.2) is 57.7 Å². The van der Waals surface area contributed by atoms with Crippen LogP contribution in [0.25, 0.3) is 11.5 Å². The number of benzene rings is 2. The first-order valence-corrected chi connectivity index (χ1v) is 7.82. The van der Waals surface area contributed by atoms with Gasteiger partial charge in [-0.05, 0) is 48.9 Å². The van der Waals surface area contributed by atoms with Crippen molar-refractivity contribution in [3.05, 3.63) is 76.3 Å². The van der Waals surface area contributed by atoms with Crippen molar-refractivity contribution in [2.24, 2.45) is 0 Å². The third-order valence-electron chi connectivity index (χ3n) is 3.79. The zero-order chi connectivity index (χ0) is 18.7. The first-order chi connectivity index (χ1) is 12.4. The van der Waals surface area contributed by atoms with Gasteiger partial charge >= 0.3 is 5.76 Å². The van der Waals surface area contributed by atoms with Gasteiger partial charge in [-0.25, -0.2) is 13.6 Å². The maximum absolute atomic E-state index is 13.0. The fraction of sp³-hybridized carbons (Fsp3) is 0.167. The monoisotopic (exact) mass is 359 g/mol. The van der Waals surface area contributed by atoms with Crippen molar-refractivity contribution < 1.29 is 18.0 Å². The van der Waals surface area contributed by atoms with Gasteiger partial charge in [0.15, 0.2) is 0 Å². The zero-order valence-electron chi connectivity index (χ0n) is 13.8. The molecule has 3 aromatic rings. The summed E-state index contributed by atoms with van der Waals surface area (Å²) in [5, 5.41) is 6.65. The third kappa shape index (κ3) is 3.85. The van der Waals surface area contributed by atoms with Gasteiger partial charge < -0.3 is 9.73 Å². The van der Waals surface area contributed by atoms with E-state index in [1.165, 1.54) is 43.3 Å². The van der Waals surface area contributed by atoms with E-state index in [0.29, 0.717) is 11.1 Å². The largest absolute Gasteiger partial charge is 0.438 e. The Labute approximate surface area is 147 Å². The molecule has 0 unspecified atom stereocenters. The van der Waals surface area contributed by atoms with Crippen LogP contribution in [-0.2, 0) is 11.3 Å². The molecular formula is C18H15F2N3O3. The number of carbonyl (C=O) groups excluding carboxylic acids is 1. The summed E-state index contributed by atoms with van der Waals surface area (Å²) in [6.07, 6.45) is 0. The predicted octanol–water partition coefficient (Wildman–Crippen LogP) is 2.66. The Morgan fingerprint density at radius 2 is 1.69 bits per heavy atom. The Hall–Kier alpha value is -3.29. The molecule has 26 heavy (non-hydrogen) atoms. The number of nitrogens with one attached hydrogen (secondary N) is 1. The molecule has 0 bridgehead atoms. The van der Waals surface area contributed by atoms with Gasteiger partial charge in [0.2, 0.25) is 11.8 Å². The van der Waals surface area contributed by atoms with Crippen LogP contribution in [0.1, 0.15) is 18.5 Å². The number of halogens is 2. The topological polar surface area (TPSA) is 77.1 Å². The number of aromatic nitrogens is 2. The molecule has 1 atom stereocenters. The van der Waals surface area contributed by atoms with E-state index in [4.69, 9.17) is 4.42 Å². The average molecular weight is 359 g/mol. The highest BCUT2D eigenvalue weighted by Gasteiger charge is 2.21. The fourth-order valence-electron chi connectivity index (χ4n) is 2.29. The Bertz CT molecular complexity index is 963. The molecule has 1 heterocycles. The van der Waals surface area contributed by atoms with Crippen LogP contribution in [-0.4, -0.2) is 15.7 Å². The van der Waals surface area contributed by atoms with Crippen LogP contribution in [0.4, 0.5) is 8.78 Å². The van der Waals surface area contributed by atoms with Gasteiger partial charge in [0.25, 0.3) is 0 Å². The number of amides is 1. The van der Waals surface area contributed by atoms with E-state index in [1.807, 2.05) is 0 Å². The van der Waals surface area contributed by atoms with E-state index < -0.39 is 23.5 Å². The molecule has 0 fully saturated rings. The summed E-state index contributed by atoms with van der Waals surface area (Å²) in [5.41, 5.74) is 1.13. The summed E-state index contributed by atoms with van der Waals surface area (Å²) in [6.45, 7) is 1.68. The normalized spacial score (nSPS) is 12.0. The number of hydrogen-bond donors (Lipinski definition) is 1. The summed E-state index contributed by atoms with van der Waals surface area (Å²) in [4.78, 5) is 24.2. The molecule has 0 aliphatic carbocycles. The second-order valence-electron chi connectivity index (χ2n) is 5.64. The Morgan fingerprint density at radius 3 is 2.31 bits per heavy atom. The number of nitrogens with zero attached hydrogens (tertiary/aromatic N) is 2. The van der Waals surface area contributed by atoms with Crippen molar-refractivity contribution in [2.75, 3.05) is 0 Å². The quantitative estimate of drug-likeness (QED) is 0.760. The van der Waals surface area contributed by atoms with Crippen molar-refractivity contribution in [2.45, 2.75) is 19.5 Å². The molecule has 3 rings (SSSR count). The Balaban J connectivity index is 1.71. The van der Waals surface area contributed by atoms with E-state index in [2.05, 4.69) is 10.4 Å². The molecule has 6 nitrogen and oxygen atoms in total. The van der Waals surface area contributed by atoms with E-state index in [1.54, 1.807) is 12.1 Å². The van der Waals surface area contributed by atoms with Crippen LogP contribution < -0.4 is 11.1 Å². The van der Waals surface area contributed by atoms with Crippen molar-refractivity contribution in [3.63, 3.8) is 0 Å². The second-order valence-corrected chi connectivity index (χ2v) is 5.64. The molecule has 2 aromatic carbocycles. The molecule has 1 N–H and O–H groups in total. The molecule has 1 amide bonds. The molecule has 0 saturated heterocycles. The summed E-state index contributed by atoms with van der Waals surface area (Å²) >= 11 is 0. The smallest absolute Gasteiger partial charge is 0.388 e. The van der Waals surface area contributed by atoms with Crippen molar-refractivity contribution in [3.8, 4) is 11.5 Å². The van der Waals surface area contributed by atoms with E-state index in [9.17, 15) is 18.4 Å². The lowest BCUT2D eigenvalue weighted by atomic mass is 10.2. The fourth-order valence-corrected chi connectivity index (χ4v) is 2.29. The van der Waals surface area contributed by atoms with Crippen LogP contribution in [0.5, 0.6) is 0 Å². The van der Waals surface area contributed by atoms with Crippen molar-refractivity contribution >= 4 is 5.91 Å². The van der Waals surface area contributed by atoms with Crippen LogP contribution in [0, 0.1) is 11.6 Å². The maximum atomic E-state index is 13.0. The van der Waals surface area contributed by atoms with Gasteiger partial charge in [-0.1, -0.05) is 12.1 Å². The molecule has 0 radical (unpaired) electrons. The lowest BCUT2D eigenvalue weighted by Crippen LogP contribution is -2.34. The summed E-state index contributed by atoms with van der Waals surface area (Å²) < 4.78 is 31.8. The maximum Gasteiger partial charge on any atom is 0.438 e. The highest BCUT2D eigenvalue weighted by molar-refractivity contribution is 5.79. The SMILES string of the molecule is C[C@@H](C(=O)NCc1ccc(F)cc1)n1nc(-c2ccc(F)cc2)oc1=O. The van der Waals surface area contributed by atoms with Crippen LogP contribution >= 0.6 is 0 Å². The minimum atomic E-state index is -0.916. The molecule has 8 heteroatoms. The van der Waals surface area contributed by atoms with Gasteiger partial charge in [-0.2, -0.15) is 4.68 Å². The molecule has 1 aromatic heterocycles. The van der Waals surface area contributed by atoms with E-state index >= 15 is 0 Å². The highest BCUT2D eigenvalue weighted by atomic mass is 19.1. The van der Waals surface area contributed by atoms with Gasteiger partial charge in [0, 0.05) is 12.1 Å². The minimum absolute atomic E-state index is 0.00631. The van der Waals surface area contributed by atoms with Crippen LogP contribution in [0.2, 0.25) is 0 Å². The number of rotatable bonds is 5.